The van der Waals surface area contributed by atoms with Gasteiger partial charge in [-0.3, -0.25) is 4.99 Å². The van der Waals surface area contributed by atoms with E-state index >= 15 is 0 Å². The lowest BCUT2D eigenvalue weighted by Crippen LogP contribution is -2.52. The second-order valence-electron chi connectivity index (χ2n) is 5.86. The average molecular weight is 490 g/mol. The monoisotopic (exact) mass is 489 g/mol. The number of nitrogens with zero attached hydrogens (tertiary/aromatic N) is 6. The molecule has 3 rings (SSSR count). The van der Waals surface area contributed by atoms with Gasteiger partial charge in [-0.25, -0.2) is 0 Å². The van der Waals surface area contributed by atoms with Crippen LogP contribution >= 0.6 is 35.6 Å². The Morgan fingerprint density at radius 1 is 1.23 bits per heavy atom. The minimum atomic E-state index is 0. The molecule has 1 aliphatic rings. The molecule has 2 aromatic rings. The predicted molar refractivity (Wildman–Crippen MR) is 117 cm³/mol. The maximum atomic E-state index is 6.31. The molecule has 7 nitrogen and oxygen atoms in total. The van der Waals surface area contributed by atoms with Gasteiger partial charge in [0, 0.05) is 39.8 Å². The fourth-order valence-corrected chi connectivity index (χ4v) is 3.29. The Morgan fingerprint density at radius 3 is 2.62 bits per heavy atom. The number of benzene rings is 1. The molecule has 0 aliphatic carbocycles. The van der Waals surface area contributed by atoms with Crippen LogP contribution in [0.3, 0.4) is 0 Å². The molecule has 1 saturated heterocycles. The van der Waals surface area contributed by atoms with E-state index in [2.05, 4.69) is 43.3 Å². The number of guanidine groups is 1. The van der Waals surface area contributed by atoms with Crippen LogP contribution in [0.5, 0.6) is 0 Å². The summed E-state index contributed by atoms with van der Waals surface area (Å²) < 4.78 is 2.02. The predicted octanol–water partition coefficient (Wildman–Crippen LogP) is 2.47. The molecule has 1 aromatic carbocycles. The molecule has 142 valence electrons. The second-order valence-corrected chi connectivity index (χ2v) is 6.27. The summed E-state index contributed by atoms with van der Waals surface area (Å²) in [7, 11) is 1.81. The Balaban J connectivity index is 0.00000243. The Bertz CT molecular complexity index is 725. The highest BCUT2D eigenvalue weighted by atomic mass is 127. The van der Waals surface area contributed by atoms with E-state index in [0.717, 1.165) is 55.2 Å². The van der Waals surface area contributed by atoms with Gasteiger partial charge in [0.05, 0.1) is 17.3 Å². The standard InChI is InChI=1S/C17H24ClN7.HI/c1-3-23-13-21-22-16(23)12-20-17(19-2)25-10-8-24(9-11-25)15-7-5-4-6-14(15)18;/h4-7,13H,3,8-12H2,1-2H3,(H,19,20);1H. The Morgan fingerprint density at radius 2 is 1.96 bits per heavy atom. The number of aromatic nitrogens is 3. The first-order chi connectivity index (χ1) is 12.2. The quantitative estimate of drug-likeness (QED) is 0.406. The van der Waals surface area contributed by atoms with Gasteiger partial charge in [-0.15, -0.1) is 34.2 Å². The van der Waals surface area contributed by atoms with E-state index in [1.165, 1.54) is 0 Å². The van der Waals surface area contributed by atoms with Gasteiger partial charge in [-0.1, -0.05) is 23.7 Å². The molecule has 0 amide bonds. The second kappa shape index (κ2) is 9.96. The van der Waals surface area contributed by atoms with Crippen molar-refractivity contribution in [3.63, 3.8) is 0 Å². The van der Waals surface area contributed by atoms with Crippen molar-refractivity contribution in [1.82, 2.24) is 25.0 Å². The van der Waals surface area contributed by atoms with Gasteiger partial charge in [-0.2, -0.15) is 0 Å². The largest absolute Gasteiger partial charge is 0.367 e. The summed E-state index contributed by atoms with van der Waals surface area (Å²) in [6.07, 6.45) is 1.75. The van der Waals surface area contributed by atoms with Crippen LogP contribution in [0.25, 0.3) is 0 Å². The Kier molecular flexibility index (Phi) is 7.95. The summed E-state index contributed by atoms with van der Waals surface area (Å²) in [6.45, 7) is 7.17. The highest BCUT2D eigenvalue weighted by Crippen LogP contribution is 2.25. The molecule has 0 atom stereocenters. The van der Waals surface area contributed by atoms with Crippen molar-refractivity contribution in [1.29, 1.82) is 0 Å². The maximum absolute atomic E-state index is 6.31. The van der Waals surface area contributed by atoms with E-state index in [0.29, 0.717) is 6.54 Å². The number of aryl methyl sites for hydroxylation is 1. The third-order valence-electron chi connectivity index (χ3n) is 4.43. The average Bonchev–Trinajstić information content (AvgIpc) is 3.11. The van der Waals surface area contributed by atoms with Crippen molar-refractivity contribution in [3.05, 3.63) is 41.4 Å². The van der Waals surface area contributed by atoms with Crippen LogP contribution in [-0.2, 0) is 13.1 Å². The van der Waals surface area contributed by atoms with Crippen LogP contribution in [0, 0.1) is 0 Å². The first-order valence-corrected chi connectivity index (χ1v) is 8.92. The van der Waals surface area contributed by atoms with Crippen molar-refractivity contribution in [2.45, 2.75) is 20.0 Å². The van der Waals surface area contributed by atoms with Crippen LogP contribution < -0.4 is 10.2 Å². The number of piperazine rings is 1. The molecule has 26 heavy (non-hydrogen) atoms. The lowest BCUT2D eigenvalue weighted by Gasteiger charge is -2.38. The lowest BCUT2D eigenvalue weighted by atomic mass is 10.2. The Hall–Kier alpha value is -1.55. The first-order valence-electron chi connectivity index (χ1n) is 8.54. The van der Waals surface area contributed by atoms with Gasteiger partial charge in [-0.05, 0) is 19.1 Å². The molecule has 1 aromatic heterocycles. The van der Waals surface area contributed by atoms with Crippen LogP contribution in [0.1, 0.15) is 12.7 Å². The van der Waals surface area contributed by atoms with Gasteiger partial charge < -0.3 is 19.7 Å². The van der Waals surface area contributed by atoms with Gasteiger partial charge >= 0.3 is 0 Å². The van der Waals surface area contributed by atoms with Crippen LogP contribution in [-0.4, -0.2) is 58.9 Å². The molecule has 1 fully saturated rings. The van der Waals surface area contributed by atoms with E-state index in [1.807, 2.05) is 29.8 Å². The third kappa shape index (κ3) is 4.79. The zero-order valence-corrected chi connectivity index (χ0v) is 18.2. The van der Waals surface area contributed by atoms with E-state index in [4.69, 9.17) is 11.6 Å². The zero-order valence-electron chi connectivity index (χ0n) is 15.1. The number of hydrogen-bond acceptors (Lipinski definition) is 4. The minimum absolute atomic E-state index is 0. The van der Waals surface area contributed by atoms with Crippen molar-refractivity contribution >= 4 is 47.2 Å². The summed E-state index contributed by atoms with van der Waals surface area (Å²) >= 11 is 6.31. The van der Waals surface area contributed by atoms with Crippen LogP contribution in [0.15, 0.2) is 35.6 Å². The number of para-hydroxylation sites is 1. The summed E-state index contributed by atoms with van der Waals surface area (Å²) in [5.74, 6) is 1.81. The van der Waals surface area contributed by atoms with Crippen molar-refractivity contribution in [3.8, 4) is 0 Å². The number of hydrogen-bond donors (Lipinski definition) is 1. The molecule has 9 heteroatoms. The molecule has 0 spiro atoms. The fraction of sp³-hybridized carbons (Fsp3) is 0.471. The first kappa shape index (κ1) is 20.8. The van der Waals surface area contributed by atoms with Gasteiger partial charge in [0.1, 0.15) is 6.33 Å². The van der Waals surface area contributed by atoms with E-state index in [-0.39, 0.29) is 24.0 Å². The number of aliphatic imine (C=N–C) groups is 1. The molecule has 1 aliphatic heterocycles. The summed E-state index contributed by atoms with van der Waals surface area (Å²) in [5.41, 5.74) is 1.10. The number of nitrogens with one attached hydrogen (secondary N) is 1. The molecular formula is C17H25ClIN7. The van der Waals surface area contributed by atoms with E-state index in [9.17, 15) is 0 Å². The minimum Gasteiger partial charge on any atom is -0.367 e. The van der Waals surface area contributed by atoms with E-state index in [1.54, 1.807) is 6.33 Å². The third-order valence-corrected chi connectivity index (χ3v) is 4.74. The molecule has 0 saturated carbocycles. The summed E-state index contributed by atoms with van der Waals surface area (Å²) in [5, 5.41) is 12.3. The Labute approximate surface area is 176 Å². The highest BCUT2D eigenvalue weighted by molar-refractivity contribution is 14.0. The molecule has 1 N–H and O–H groups in total. The molecular weight excluding hydrogens is 465 g/mol. The zero-order chi connectivity index (χ0) is 17.6. The number of halogens is 2. The van der Waals surface area contributed by atoms with Gasteiger partial charge in [0.15, 0.2) is 11.8 Å². The lowest BCUT2D eigenvalue weighted by molar-refractivity contribution is 0.371. The summed E-state index contributed by atoms with van der Waals surface area (Å²) in [6, 6.07) is 8.00. The number of rotatable bonds is 4. The van der Waals surface area contributed by atoms with Crippen molar-refractivity contribution in [2.24, 2.45) is 4.99 Å². The van der Waals surface area contributed by atoms with Crippen molar-refractivity contribution < 1.29 is 0 Å². The topological polar surface area (TPSA) is 61.6 Å². The summed E-state index contributed by atoms with van der Waals surface area (Å²) in [4.78, 5) is 8.99. The molecule has 2 heterocycles. The normalized spacial score (nSPS) is 15.0. The highest BCUT2D eigenvalue weighted by Gasteiger charge is 2.21. The van der Waals surface area contributed by atoms with Crippen molar-refractivity contribution in [2.75, 3.05) is 38.1 Å². The van der Waals surface area contributed by atoms with Crippen LogP contribution in [0.4, 0.5) is 5.69 Å². The maximum Gasteiger partial charge on any atom is 0.194 e. The molecule has 0 unspecified atom stereocenters. The van der Waals surface area contributed by atoms with Gasteiger partial charge in [0.2, 0.25) is 0 Å². The number of anilines is 1. The molecule has 0 bridgehead atoms. The van der Waals surface area contributed by atoms with E-state index < -0.39 is 0 Å². The van der Waals surface area contributed by atoms with Gasteiger partial charge in [0.25, 0.3) is 0 Å². The smallest absolute Gasteiger partial charge is 0.194 e. The van der Waals surface area contributed by atoms with Crippen LogP contribution in [0.2, 0.25) is 5.02 Å². The molecule has 0 radical (unpaired) electrons. The fourth-order valence-electron chi connectivity index (χ4n) is 3.04. The SMILES string of the molecule is CCn1cnnc1CNC(=NC)N1CCN(c2ccccc2Cl)CC1.I.